The zero-order chi connectivity index (χ0) is 25.1. The number of benzene rings is 3. The number of fused-ring (bicyclic) bond motifs is 2. The first-order valence-corrected chi connectivity index (χ1v) is 11.9. The number of aromatic amines is 1. The van der Waals surface area contributed by atoms with E-state index in [1.165, 1.54) is 12.7 Å². The normalized spacial score (nSPS) is 13.2. The number of imidazole rings is 1. The summed E-state index contributed by atoms with van der Waals surface area (Å²) in [5.74, 6) is 0.539. The Balaban J connectivity index is 1.41. The molecule has 0 radical (unpaired) electrons. The molecule has 1 aliphatic rings. The first-order valence-electron chi connectivity index (χ1n) is 11.9. The molecule has 0 spiro atoms. The second-order valence-electron chi connectivity index (χ2n) is 8.73. The first-order chi connectivity index (χ1) is 17.6. The summed E-state index contributed by atoms with van der Waals surface area (Å²) in [4.78, 5) is 36.3. The highest BCUT2D eigenvalue weighted by molar-refractivity contribution is 6.11. The van der Waals surface area contributed by atoms with Crippen LogP contribution in [0.25, 0.3) is 11.0 Å². The molecule has 0 unspecified atom stereocenters. The van der Waals surface area contributed by atoms with E-state index in [1.54, 1.807) is 31.4 Å². The van der Waals surface area contributed by atoms with Crippen LogP contribution in [0.1, 0.15) is 44.9 Å². The first kappa shape index (κ1) is 23.6. The quantitative estimate of drug-likeness (QED) is 0.404. The Kier molecular flexibility index (Phi) is 6.69. The zero-order valence-corrected chi connectivity index (χ0v) is 20.3. The Morgan fingerprint density at radius 2 is 1.92 bits per heavy atom. The van der Waals surface area contributed by atoms with Crippen molar-refractivity contribution in [2.24, 2.45) is 0 Å². The van der Waals surface area contributed by atoms with E-state index in [0.29, 0.717) is 47.1 Å². The number of carbonyl (C=O) groups excluding carboxylic acids is 2. The van der Waals surface area contributed by atoms with Crippen LogP contribution in [0.4, 0.5) is 11.4 Å². The van der Waals surface area contributed by atoms with E-state index in [-0.39, 0.29) is 11.8 Å². The minimum atomic E-state index is -0.352. The van der Waals surface area contributed by atoms with E-state index >= 15 is 0 Å². The van der Waals surface area contributed by atoms with E-state index in [1.807, 2.05) is 35.2 Å². The van der Waals surface area contributed by atoms with Crippen molar-refractivity contribution in [3.63, 3.8) is 0 Å². The Morgan fingerprint density at radius 3 is 2.75 bits per heavy atom. The van der Waals surface area contributed by atoms with Gasteiger partial charge in [-0.25, -0.2) is 4.98 Å². The number of rotatable bonds is 6. The van der Waals surface area contributed by atoms with Crippen LogP contribution in [-0.4, -0.2) is 42.5 Å². The predicted molar refractivity (Wildman–Crippen MR) is 139 cm³/mol. The minimum Gasteiger partial charge on any atom is -0.496 e. The monoisotopic (exact) mass is 484 g/mol. The Morgan fingerprint density at radius 1 is 1.06 bits per heavy atom. The van der Waals surface area contributed by atoms with Gasteiger partial charge in [0.05, 0.1) is 23.9 Å². The molecule has 8 heteroatoms. The van der Waals surface area contributed by atoms with E-state index in [9.17, 15) is 9.59 Å². The number of nitrogens with zero attached hydrogens (tertiary/aromatic N) is 2. The lowest BCUT2D eigenvalue weighted by Gasteiger charge is -2.23. The van der Waals surface area contributed by atoms with Gasteiger partial charge in [-0.3, -0.25) is 9.59 Å². The number of amides is 2. The predicted octanol–water partition coefficient (Wildman–Crippen LogP) is 4.95. The minimum absolute atomic E-state index is 0.110. The van der Waals surface area contributed by atoms with Crippen molar-refractivity contribution in [3.8, 4) is 5.75 Å². The van der Waals surface area contributed by atoms with Crippen molar-refractivity contribution in [2.75, 3.05) is 31.0 Å². The fourth-order valence-electron chi connectivity index (χ4n) is 4.65. The van der Waals surface area contributed by atoms with Gasteiger partial charge in [-0.1, -0.05) is 24.3 Å². The van der Waals surface area contributed by atoms with Crippen LogP contribution in [-0.2, 0) is 17.8 Å². The average molecular weight is 485 g/mol. The summed E-state index contributed by atoms with van der Waals surface area (Å²) in [6.07, 6.45) is 2.93. The Labute approximate surface area is 209 Å². The van der Waals surface area contributed by atoms with Crippen LogP contribution in [0.3, 0.4) is 0 Å². The molecule has 0 bridgehead atoms. The zero-order valence-electron chi connectivity index (χ0n) is 20.3. The third-order valence-electron chi connectivity index (χ3n) is 6.39. The van der Waals surface area contributed by atoms with Crippen LogP contribution in [0.2, 0.25) is 0 Å². The molecule has 184 valence electrons. The largest absolute Gasteiger partial charge is 0.496 e. The van der Waals surface area contributed by atoms with Gasteiger partial charge in [-0.05, 0) is 61.2 Å². The molecule has 1 aliphatic heterocycles. The van der Waals surface area contributed by atoms with Crippen molar-refractivity contribution >= 4 is 34.2 Å². The van der Waals surface area contributed by atoms with E-state index < -0.39 is 0 Å². The summed E-state index contributed by atoms with van der Waals surface area (Å²) < 4.78 is 10.7. The smallest absolute Gasteiger partial charge is 0.259 e. The van der Waals surface area contributed by atoms with Gasteiger partial charge in [0.25, 0.3) is 11.8 Å². The van der Waals surface area contributed by atoms with Crippen molar-refractivity contribution in [3.05, 3.63) is 83.2 Å². The van der Waals surface area contributed by atoms with Crippen molar-refractivity contribution in [2.45, 2.75) is 25.9 Å². The number of aromatic nitrogens is 2. The SMILES string of the molecule is COCc1nc2c(NC(=O)c3ccc(C(=O)N4CCCCc5ccccc54)cc3OC)cccc2[nH]1. The van der Waals surface area contributed by atoms with Gasteiger partial charge < -0.3 is 24.7 Å². The van der Waals surface area contributed by atoms with Gasteiger partial charge >= 0.3 is 0 Å². The summed E-state index contributed by atoms with van der Waals surface area (Å²) >= 11 is 0. The fraction of sp³-hybridized carbons (Fsp3) is 0.250. The summed E-state index contributed by atoms with van der Waals surface area (Å²) in [6.45, 7) is 0.992. The van der Waals surface area contributed by atoms with Crippen molar-refractivity contribution in [1.82, 2.24) is 9.97 Å². The van der Waals surface area contributed by atoms with Crippen molar-refractivity contribution < 1.29 is 19.1 Å². The number of nitrogens with one attached hydrogen (secondary N) is 2. The van der Waals surface area contributed by atoms with Gasteiger partial charge in [0, 0.05) is 24.9 Å². The van der Waals surface area contributed by atoms with Gasteiger partial charge in [0.2, 0.25) is 0 Å². The summed E-state index contributed by atoms with van der Waals surface area (Å²) in [5.41, 5.74) is 4.93. The lowest BCUT2D eigenvalue weighted by atomic mass is 10.1. The topological polar surface area (TPSA) is 96.5 Å². The molecule has 2 heterocycles. The average Bonchev–Trinajstić information content (AvgIpc) is 3.20. The summed E-state index contributed by atoms with van der Waals surface area (Å²) in [5, 5.41) is 2.93. The number of aryl methyl sites for hydroxylation is 1. The molecule has 2 N–H and O–H groups in total. The molecule has 1 aromatic heterocycles. The molecule has 0 saturated carbocycles. The molecular weight excluding hydrogens is 456 g/mol. The number of hydrogen-bond acceptors (Lipinski definition) is 5. The Bertz CT molecular complexity index is 1430. The Hall–Kier alpha value is -4.17. The van der Waals surface area contributed by atoms with Crippen LogP contribution < -0.4 is 15.0 Å². The van der Waals surface area contributed by atoms with Crippen LogP contribution >= 0.6 is 0 Å². The molecule has 0 atom stereocenters. The molecule has 0 aliphatic carbocycles. The van der Waals surface area contributed by atoms with Crippen LogP contribution in [0, 0.1) is 0 Å². The number of anilines is 2. The van der Waals surface area contributed by atoms with E-state index in [2.05, 4.69) is 21.4 Å². The maximum Gasteiger partial charge on any atom is 0.259 e. The third-order valence-corrected chi connectivity index (χ3v) is 6.39. The molecule has 4 aromatic rings. The summed E-state index contributed by atoms with van der Waals surface area (Å²) in [6, 6.07) is 18.5. The second kappa shape index (κ2) is 10.2. The van der Waals surface area contributed by atoms with Gasteiger partial charge in [0.15, 0.2) is 0 Å². The molecule has 0 fully saturated rings. The van der Waals surface area contributed by atoms with E-state index in [4.69, 9.17) is 9.47 Å². The highest BCUT2D eigenvalue weighted by atomic mass is 16.5. The lowest BCUT2D eigenvalue weighted by Crippen LogP contribution is -2.31. The number of carbonyl (C=O) groups is 2. The maximum atomic E-state index is 13.5. The molecule has 3 aromatic carbocycles. The van der Waals surface area contributed by atoms with Crippen LogP contribution in [0.5, 0.6) is 5.75 Å². The van der Waals surface area contributed by atoms with Gasteiger partial charge in [0.1, 0.15) is 23.7 Å². The fourth-order valence-corrected chi connectivity index (χ4v) is 4.65. The number of methoxy groups -OCH3 is 2. The second-order valence-corrected chi connectivity index (χ2v) is 8.73. The molecule has 36 heavy (non-hydrogen) atoms. The van der Waals surface area contributed by atoms with Gasteiger partial charge in [-0.15, -0.1) is 0 Å². The van der Waals surface area contributed by atoms with Gasteiger partial charge in [-0.2, -0.15) is 0 Å². The standard InChI is InChI=1S/C28H28N4O4/c1-35-17-25-29-21-10-7-11-22(26(21)31-25)30-27(33)20-14-13-19(16-24(20)36-2)28(34)32-15-6-5-9-18-8-3-4-12-23(18)32/h3-4,7-8,10-14,16H,5-6,9,15,17H2,1-2H3,(H,29,31)(H,30,33). The number of ether oxygens (including phenoxy) is 2. The summed E-state index contributed by atoms with van der Waals surface area (Å²) in [7, 11) is 3.09. The highest BCUT2D eigenvalue weighted by Crippen LogP contribution is 2.30. The molecular formula is C28H28N4O4. The molecule has 0 saturated heterocycles. The number of para-hydroxylation sites is 2. The molecule has 5 rings (SSSR count). The number of H-pyrrole nitrogens is 1. The van der Waals surface area contributed by atoms with Crippen molar-refractivity contribution in [1.29, 1.82) is 0 Å². The lowest BCUT2D eigenvalue weighted by molar-refractivity contribution is 0.0982. The maximum absolute atomic E-state index is 13.5. The number of hydrogen-bond donors (Lipinski definition) is 2. The highest BCUT2D eigenvalue weighted by Gasteiger charge is 2.24. The molecule has 2 amide bonds. The third kappa shape index (κ3) is 4.55. The van der Waals surface area contributed by atoms with E-state index in [0.717, 1.165) is 30.5 Å². The molecule has 8 nitrogen and oxygen atoms in total. The van der Waals surface area contributed by atoms with Crippen LogP contribution in [0.15, 0.2) is 60.7 Å².